The average molecular weight is 387 g/mol. The van der Waals surface area contributed by atoms with Gasteiger partial charge in [0.05, 0.1) is 6.04 Å². The number of likely N-dealkylation sites (tertiary alicyclic amines) is 1. The van der Waals surface area contributed by atoms with E-state index in [-0.39, 0.29) is 11.9 Å². The summed E-state index contributed by atoms with van der Waals surface area (Å²) in [4.78, 5) is 20.4. The monoisotopic (exact) mass is 386 g/mol. The number of amides is 1. The molecule has 28 heavy (non-hydrogen) atoms. The average Bonchev–Trinajstić information content (AvgIpc) is 2.68. The zero-order valence-electron chi connectivity index (χ0n) is 18.3. The molecule has 0 aliphatic carbocycles. The number of benzene rings is 1. The van der Waals surface area contributed by atoms with E-state index in [0.717, 1.165) is 25.3 Å². The minimum absolute atomic E-state index is 0.105. The van der Waals surface area contributed by atoms with Gasteiger partial charge in [-0.3, -0.25) is 14.6 Å². The molecule has 1 N–H and O–H groups in total. The van der Waals surface area contributed by atoms with Gasteiger partial charge in [-0.15, -0.1) is 0 Å². The first-order chi connectivity index (χ1) is 13.4. The van der Waals surface area contributed by atoms with Gasteiger partial charge in [0.1, 0.15) is 0 Å². The Morgan fingerprint density at radius 1 is 1.07 bits per heavy atom. The molecule has 2 aliphatic rings. The molecular formula is C23H38N4O. The number of hydrogen-bond donors (Lipinski definition) is 1. The predicted octanol–water partition coefficient (Wildman–Crippen LogP) is 3.24. The standard InChI is InChI=1S/C23H38N4O/c1-17(2)21-8-6-7-9-22(21)24-23(28)19(4)26-14-15-27(18(3)16-26)20-10-12-25(5)13-11-20/h6-9,17-20H,10-16H2,1-5H3,(H,24,28)/t18-,19+/m1/s1. The molecule has 0 unspecified atom stereocenters. The van der Waals surface area contributed by atoms with Crippen LogP contribution in [0.15, 0.2) is 24.3 Å². The summed E-state index contributed by atoms with van der Waals surface area (Å²) in [6, 6.07) is 9.25. The van der Waals surface area contributed by atoms with Crippen molar-refractivity contribution in [2.45, 2.75) is 64.6 Å². The van der Waals surface area contributed by atoms with Crippen molar-refractivity contribution in [1.29, 1.82) is 0 Å². The number of piperidine rings is 1. The zero-order chi connectivity index (χ0) is 20.3. The normalized spacial score (nSPS) is 24.4. The number of carbonyl (C=O) groups excluding carboxylic acids is 1. The fraction of sp³-hybridized carbons (Fsp3) is 0.696. The number of carbonyl (C=O) groups is 1. The Labute approximate surface area is 171 Å². The SMILES string of the molecule is CC(C)c1ccccc1NC(=O)[C@H](C)N1CCN(C2CCN(C)CC2)[C@H](C)C1. The number of rotatable bonds is 5. The van der Waals surface area contributed by atoms with Gasteiger partial charge in [0.2, 0.25) is 5.91 Å². The molecular weight excluding hydrogens is 348 g/mol. The van der Waals surface area contributed by atoms with Crippen molar-refractivity contribution in [2.75, 3.05) is 45.1 Å². The lowest BCUT2D eigenvalue weighted by Crippen LogP contribution is -2.60. The van der Waals surface area contributed by atoms with Gasteiger partial charge in [0.15, 0.2) is 0 Å². The number of piperazine rings is 1. The first-order valence-electron chi connectivity index (χ1n) is 10.9. The Kier molecular flexibility index (Phi) is 7.13. The van der Waals surface area contributed by atoms with Gasteiger partial charge in [-0.25, -0.2) is 0 Å². The Morgan fingerprint density at radius 2 is 1.75 bits per heavy atom. The molecule has 0 bridgehead atoms. The molecule has 0 saturated carbocycles. The summed E-state index contributed by atoms with van der Waals surface area (Å²) < 4.78 is 0. The van der Waals surface area contributed by atoms with Gasteiger partial charge in [-0.2, -0.15) is 0 Å². The van der Waals surface area contributed by atoms with Crippen molar-refractivity contribution in [3.05, 3.63) is 29.8 Å². The van der Waals surface area contributed by atoms with Crippen molar-refractivity contribution < 1.29 is 4.79 Å². The Hall–Kier alpha value is -1.43. The summed E-state index contributed by atoms with van der Waals surface area (Å²) >= 11 is 0. The Balaban J connectivity index is 1.57. The van der Waals surface area contributed by atoms with Crippen LogP contribution in [0.2, 0.25) is 0 Å². The van der Waals surface area contributed by atoms with Gasteiger partial charge in [-0.1, -0.05) is 32.0 Å². The molecule has 3 rings (SSSR count). The third-order valence-electron chi connectivity index (χ3n) is 6.64. The molecule has 0 spiro atoms. The lowest BCUT2D eigenvalue weighted by molar-refractivity contribution is -0.122. The zero-order valence-corrected chi connectivity index (χ0v) is 18.3. The van der Waals surface area contributed by atoms with Crippen LogP contribution in [0.4, 0.5) is 5.69 Å². The molecule has 2 aliphatic heterocycles. The summed E-state index contributed by atoms with van der Waals surface area (Å²) in [6.07, 6.45) is 2.53. The van der Waals surface area contributed by atoms with Crippen LogP contribution in [0.25, 0.3) is 0 Å². The summed E-state index contributed by atoms with van der Waals surface area (Å²) in [7, 11) is 2.22. The minimum atomic E-state index is -0.109. The molecule has 5 nitrogen and oxygen atoms in total. The van der Waals surface area contributed by atoms with Crippen molar-refractivity contribution in [3.8, 4) is 0 Å². The second kappa shape index (κ2) is 9.38. The van der Waals surface area contributed by atoms with Gasteiger partial charge < -0.3 is 10.2 Å². The van der Waals surface area contributed by atoms with E-state index in [1.54, 1.807) is 0 Å². The van der Waals surface area contributed by atoms with Gasteiger partial charge in [-0.05, 0) is 64.4 Å². The van der Waals surface area contributed by atoms with Crippen LogP contribution in [0.3, 0.4) is 0 Å². The number of nitrogens with one attached hydrogen (secondary N) is 1. The summed E-state index contributed by atoms with van der Waals surface area (Å²) in [5.41, 5.74) is 2.15. The molecule has 0 aromatic heterocycles. The molecule has 5 heteroatoms. The van der Waals surface area contributed by atoms with E-state index in [9.17, 15) is 4.79 Å². The molecule has 2 heterocycles. The first kappa shape index (κ1) is 21.3. The summed E-state index contributed by atoms with van der Waals surface area (Å²) in [6.45, 7) is 14.1. The van der Waals surface area contributed by atoms with Crippen LogP contribution in [-0.4, -0.2) is 78.5 Å². The predicted molar refractivity (Wildman–Crippen MR) is 117 cm³/mol. The fourth-order valence-corrected chi connectivity index (χ4v) is 4.74. The highest BCUT2D eigenvalue weighted by Crippen LogP contribution is 2.25. The highest BCUT2D eigenvalue weighted by molar-refractivity contribution is 5.95. The molecule has 156 valence electrons. The van der Waals surface area contributed by atoms with E-state index in [1.165, 1.54) is 31.5 Å². The van der Waals surface area contributed by atoms with Crippen LogP contribution < -0.4 is 5.32 Å². The molecule has 2 saturated heterocycles. The molecule has 1 amide bonds. The van der Waals surface area contributed by atoms with Gasteiger partial charge in [0.25, 0.3) is 0 Å². The van der Waals surface area contributed by atoms with Gasteiger partial charge >= 0.3 is 0 Å². The van der Waals surface area contributed by atoms with Crippen LogP contribution in [0, 0.1) is 0 Å². The van der Waals surface area contributed by atoms with Crippen molar-refractivity contribution in [1.82, 2.24) is 14.7 Å². The van der Waals surface area contributed by atoms with E-state index in [1.807, 2.05) is 25.1 Å². The number of para-hydroxylation sites is 1. The quantitative estimate of drug-likeness (QED) is 0.843. The third-order valence-corrected chi connectivity index (χ3v) is 6.64. The molecule has 0 radical (unpaired) electrons. The highest BCUT2D eigenvalue weighted by atomic mass is 16.2. The van der Waals surface area contributed by atoms with Crippen LogP contribution in [0.5, 0.6) is 0 Å². The number of hydrogen-bond acceptors (Lipinski definition) is 4. The minimum Gasteiger partial charge on any atom is -0.324 e. The highest BCUT2D eigenvalue weighted by Gasteiger charge is 2.34. The van der Waals surface area contributed by atoms with E-state index in [4.69, 9.17) is 0 Å². The smallest absolute Gasteiger partial charge is 0.241 e. The Morgan fingerprint density at radius 3 is 2.39 bits per heavy atom. The van der Waals surface area contributed by atoms with Crippen molar-refractivity contribution >= 4 is 11.6 Å². The van der Waals surface area contributed by atoms with Crippen molar-refractivity contribution in [3.63, 3.8) is 0 Å². The van der Waals surface area contributed by atoms with E-state index in [2.05, 4.69) is 53.9 Å². The van der Waals surface area contributed by atoms with Gasteiger partial charge in [0, 0.05) is 37.4 Å². The van der Waals surface area contributed by atoms with E-state index < -0.39 is 0 Å². The fourth-order valence-electron chi connectivity index (χ4n) is 4.74. The number of nitrogens with zero attached hydrogens (tertiary/aromatic N) is 3. The largest absolute Gasteiger partial charge is 0.324 e. The maximum absolute atomic E-state index is 12.9. The molecule has 2 fully saturated rings. The van der Waals surface area contributed by atoms with Crippen LogP contribution >= 0.6 is 0 Å². The second-order valence-corrected chi connectivity index (χ2v) is 9.02. The van der Waals surface area contributed by atoms with E-state index in [0.29, 0.717) is 18.0 Å². The van der Waals surface area contributed by atoms with Crippen LogP contribution in [0.1, 0.15) is 52.0 Å². The summed E-state index contributed by atoms with van der Waals surface area (Å²) in [5, 5.41) is 3.18. The van der Waals surface area contributed by atoms with Crippen LogP contribution in [-0.2, 0) is 4.79 Å². The lowest BCUT2D eigenvalue weighted by Gasteiger charge is -2.47. The first-order valence-corrected chi connectivity index (χ1v) is 10.9. The topological polar surface area (TPSA) is 38.8 Å². The summed E-state index contributed by atoms with van der Waals surface area (Å²) in [5.74, 6) is 0.498. The molecule has 1 aromatic rings. The third kappa shape index (κ3) is 4.94. The molecule has 1 aromatic carbocycles. The Bertz CT molecular complexity index is 654. The maximum Gasteiger partial charge on any atom is 0.241 e. The number of anilines is 1. The van der Waals surface area contributed by atoms with E-state index >= 15 is 0 Å². The molecule has 2 atom stereocenters. The van der Waals surface area contributed by atoms with Crippen molar-refractivity contribution in [2.24, 2.45) is 0 Å². The second-order valence-electron chi connectivity index (χ2n) is 9.02. The maximum atomic E-state index is 12.9. The lowest BCUT2D eigenvalue weighted by atomic mass is 9.99.